The van der Waals surface area contributed by atoms with Crippen LogP contribution in [0.1, 0.15) is 42.2 Å². The van der Waals surface area contributed by atoms with Crippen LogP contribution in [0.25, 0.3) is 0 Å². The van der Waals surface area contributed by atoms with Crippen LogP contribution >= 0.6 is 15.9 Å². The molecule has 1 aromatic rings. The lowest BCUT2D eigenvalue weighted by molar-refractivity contribution is 0.0730. The summed E-state index contributed by atoms with van der Waals surface area (Å²) in [6, 6.07) is 4.07. The maximum absolute atomic E-state index is 12.5. The third-order valence-electron chi connectivity index (χ3n) is 3.47. The highest BCUT2D eigenvalue weighted by molar-refractivity contribution is 9.09. The van der Waals surface area contributed by atoms with Crippen LogP contribution in [0.3, 0.4) is 0 Å². The molecule has 1 aliphatic heterocycles. The predicted octanol–water partition coefficient (Wildman–Crippen LogP) is 3.17. The van der Waals surface area contributed by atoms with Gasteiger partial charge in [-0.1, -0.05) is 22.9 Å². The summed E-state index contributed by atoms with van der Waals surface area (Å²) >= 11 is 3.58. The molecule has 0 aliphatic carbocycles. The highest BCUT2D eigenvalue weighted by atomic mass is 79.9. The third-order valence-corrected chi connectivity index (χ3v) is 3.85. The van der Waals surface area contributed by atoms with Crippen LogP contribution in [0, 0.1) is 6.92 Å². The van der Waals surface area contributed by atoms with Gasteiger partial charge in [-0.15, -0.1) is 0 Å². The number of likely N-dealkylation sites (tertiary alicyclic amines) is 1. The highest BCUT2D eigenvalue weighted by Crippen LogP contribution is 2.25. The van der Waals surface area contributed by atoms with Gasteiger partial charge >= 0.3 is 0 Å². The Kier molecular flexibility index (Phi) is 4.38. The number of rotatable bonds is 3. The summed E-state index contributed by atoms with van der Waals surface area (Å²) in [7, 11) is 0. The number of halogens is 1. The second-order valence-corrected chi connectivity index (χ2v) is 6.51. The van der Waals surface area contributed by atoms with Gasteiger partial charge in [0.1, 0.15) is 0 Å². The zero-order chi connectivity index (χ0) is 13.1. The summed E-state index contributed by atoms with van der Waals surface area (Å²) in [5, 5.41) is 0. The largest absolute Gasteiger partial charge is 0.336 e. The molecule has 1 aliphatic rings. The van der Waals surface area contributed by atoms with Crippen molar-refractivity contribution in [3.63, 3.8) is 0 Å². The van der Waals surface area contributed by atoms with Gasteiger partial charge in [-0.2, -0.15) is 0 Å². The fourth-order valence-corrected chi connectivity index (χ4v) is 3.02. The lowest BCUT2D eigenvalue weighted by Crippen LogP contribution is -2.37. The molecule has 98 valence electrons. The predicted molar refractivity (Wildman–Crippen MR) is 76.0 cm³/mol. The molecule has 2 unspecified atom stereocenters. The van der Waals surface area contributed by atoms with E-state index in [9.17, 15) is 4.79 Å². The van der Waals surface area contributed by atoms with Crippen molar-refractivity contribution in [1.29, 1.82) is 0 Å². The van der Waals surface area contributed by atoms with Gasteiger partial charge in [-0.05, 0) is 38.3 Å². The molecule has 0 radical (unpaired) electrons. The van der Waals surface area contributed by atoms with E-state index >= 15 is 0 Å². The molecule has 2 rings (SSSR count). The molecule has 2 atom stereocenters. The minimum Gasteiger partial charge on any atom is -0.336 e. The van der Waals surface area contributed by atoms with E-state index in [1.807, 2.05) is 24.0 Å². The number of carbonyl (C=O) groups is 1. The molecular weight excluding hydrogens is 292 g/mol. The van der Waals surface area contributed by atoms with Crippen LogP contribution in [-0.4, -0.2) is 33.2 Å². The second kappa shape index (κ2) is 5.83. The molecule has 18 heavy (non-hydrogen) atoms. The van der Waals surface area contributed by atoms with Gasteiger partial charge in [0.15, 0.2) is 0 Å². The van der Waals surface area contributed by atoms with Gasteiger partial charge in [0.25, 0.3) is 5.91 Å². The molecule has 3 nitrogen and oxygen atoms in total. The minimum absolute atomic E-state index is 0.135. The molecule has 0 bridgehead atoms. The summed E-state index contributed by atoms with van der Waals surface area (Å²) in [5.41, 5.74) is 1.56. The Balaban J connectivity index is 2.15. The number of pyridine rings is 1. The van der Waals surface area contributed by atoms with Crippen LogP contribution in [0.15, 0.2) is 18.3 Å². The molecule has 0 spiro atoms. The van der Waals surface area contributed by atoms with Crippen molar-refractivity contribution >= 4 is 21.8 Å². The lowest BCUT2D eigenvalue weighted by atomic mass is 10.1. The van der Waals surface area contributed by atoms with Crippen molar-refractivity contribution < 1.29 is 4.79 Å². The van der Waals surface area contributed by atoms with E-state index in [1.54, 1.807) is 6.20 Å². The van der Waals surface area contributed by atoms with Gasteiger partial charge in [-0.3, -0.25) is 9.78 Å². The topological polar surface area (TPSA) is 33.2 Å². The minimum atomic E-state index is 0.135. The van der Waals surface area contributed by atoms with Gasteiger partial charge in [0.05, 0.1) is 5.56 Å². The summed E-state index contributed by atoms with van der Waals surface area (Å²) in [6.07, 6.45) is 4.97. The normalized spacial score (nSPS) is 21.1. The standard InChI is InChI=1S/C14H19BrN2O/c1-10(15)9-12-5-4-8-17(12)14(18)13-6-3-7-16-11(13)2/h3,6-7,10,12H,4-5,8-9H2,1-2H3. The van der Waals surface area contributed by atoms with Crippen LogP contribution < -0.4 is 0 Å². The summed E-state index contributed by atoms with van der Waals surface area (Å²) in [6.45, 7) is 4.90. The molecule has 1 saturated heterocycles. The molecule has 1 fully saturated rings. The van der Waals surface area contributed by atoms with E-state index in [0.717, 1.165) is 37.1 Å². The Hall–Kier alpha value is -0.900. The van der Waals surface area contributed by atoms with Crippen molar-refractivity contribution in [1.82, 2.24) is 9.88 Å². The Labute approximate surface area is 117 Å². The monoisotopic (exact) mass is 310 g/mol. The van der Waals surface area contributed by atoms with E-state index in [2.05, 4.69) is 27.8 Å². The van der Waals surface area contributed by atoms with E-state index < -0.39 is 0 Å². The zero-order valence-corrected chi connectivity index (χ0v) is 12.5. The first-order valence-electron chi connectivity index (χ1n) is 6.46. The van der Waals surface area contributed by atoms with Crippen LogP contribution in [0.2, 0.25) is 0 Å². The van der Waals surface area contributed by atoms with Crippen molar-refractivity contribution in [3.05, 3.63) is 29.6 Å². The molecule has 1 amide bonds. The van der Waals surface area contributed by atoms with Crippen molar-refractivity contribution in [2.45, 2.75) is 44.0 Å². The fraction of sp³-hybridized carbons (Fsp3) is 0.571. The number of aryl methyl sites for hydroxylation is 1. The van der Waals surface area contributed by atoms with E-state index in [-0.39, 0.29) is 5.91 Å². The van der Waals surface area contributed by atoms with Gasteiger partial charge in [0.2, 0.25) is 0 Å². The molecule has 0 N–H and O–H groups in total. The molecule has 0 aromatic carbocycles. The zero-order valence-electron chi connectivity index (χ0n) is 10.9. The van der Waals surface area contributed by atoms with Gasteiger partial charge in [0, 0.05) is 29.3 Å². The van der Waals surface area contributed by atoms with Gasteiger partial charge < -0.3 is 4.90 Å². The average molecular weight is 311 g/mol. The first-order valence-corrected chi connectivity index (χ1v) is 7.38. The number of aromatic nitrogens is 1. The van der Waals surface area contributed by atoms with E-state index in [1.165, 1.54) is 0 Å². The number of carbonyl (C=O) groups excluding carboxylic acids is 1. The maximum Gasteiger partial charge on any atom is 0.255 e. The van der Waals surface area contributed by atoms with E-state index in [0.29, 0.717) is 10.9 Å². The number of amides is 1. The smallest absolute Gasteiger partial charge is 0.255 e. The highest BCUT2D eigenvalue weighted by Gasteiger charge is 2.30. The van der Waals surface area contributed by atoms with Crippen LogP contribution in [0.4, 0.5) is 0 Å². The molecular formula is C14H19BrN2O. The number of alkyl halides is 1. The van der Waals surface area contributed by atoms with Crippen LogP contribution in [0.5, 0.6) is 0 Å². The molecule has 0 saturated carbocycles. The lowest BCUT2D eigenvalue weighted by Gasteiger charge is -2.26. The Bertz CT molecular complexity index is 434. The second-order valence-electron chi connectivity index (χ2n) is 4.95. The molecule has 1 aromatic heterocycles. The van der Waals surface area contributed by atoms with Crippen molar-refractivity contribution in [2.24, 2.45) is 0 Å². The van der Waals surface area contributed by atoms with Crippen molar-refractivity contribution in [3.8, 4) is 0 Å². The number of hydrogen-bond acceptors (Lipinski definition) is 2. The van der Waals surface area contributed by atoms with Gasteiger partial charge in [-0.25, -0.2) is 0 Å². The number of hydrogen-bond donors (Lipinski definition) is 0. The first kappa shape index (κ1) is 13.5. The van der Waals surface area contributed by atoms with Crippen molar-refractivity contribution in [2.75, 3.05) is 6.54 Å². The SMILES string of the molecule is Cc1ncccc1C(=O)N1CCCC1CC(C)Br. The Morgan fingerprint density at radius 1 is 1.67 bits per heavy atom. The number of nitrogens with zero attached hydrogens (tertiary/aromatic N) is 2. The van der Waals surface area contributed by atoms with Crippen LogP contribution in [-0.2, 0) is 0 Å². The Morgan fingerprint density at radius 3 is 3.11 bits per heavy atom. The third kappa shape index (κ3) is 2.91. The summed E-state index contributed by atoms with van der Waals surface area (Å²) in [5.74, 6) is 0.135. The summed E-state index contributed by atoms with van der Waals surface area (Å²) in [4.78, 5) is 19.2. The Morgan fingerprint density at radius 2 is 2.44 bits per heavy atom. The molecule has 2 heterocycles. The quantitative estimate of drug-likeness (QED) is 0.803. The fourth-order valence-electron chi connectivity index (χ4n) is 2.59. The molecule has 4 heteroatoms. The maximum atomic E-state index is 12.5. The average Bonchev–Trinajstić information content (AvgIpc) is 2.76. The first-order chi connectivity index (χ1) is 8.59. The van der Waals surface area contributed by atoms with E-state index in [4.69, 9.17) is 0 Å². The summed E-state index contributed by atoms with van der Waals surface area (Å²) < 4.78 is 0.